The molecule has 0 N–H and O–H groups in total. The summed E-state index contributed by atoms with van der Waals surface area (Å²) in [5.41, 5.74) is 3.55. The van der Waals surface area contributed by atoms with Crippen molar-refractivity contribution in [2.75, 3.05) is 38.2 Å². The molecule has 0 radical (unpaired) electrons. The highest BCUT2D eigenvalue weighted by Crippen LogP contribution is 2.26. The first kappa shape index (κ1) is 21.2. The summed E-state index contributed by atoms with van der Waals surface area (Å²) in [6.45, 7) is 3.10. The quantitative estimate of drug-likeness (QED) is 0.444. The van der Waals surface area contributed by atoms with E-state index in [1.165, 1.54) is 11.3 Å². The van der Waals surface area contributed by atoms with E-state index < -0.39 is 0 Å². The van der Waals surface area contributed by atoms with Gasteiger partial charge in [-0.25, -0.2) is 9.67 Å². The summed E-state index contributed by atoms with van der Waals surface area (Å²) in [5.74, 6) is 0.837. The summed E-state index contributed by atoms with van der Waals surface area (Å²) in [7, 11) is 1.67. The third-order valence-electron chi connectivity index (χ3n) is 5.79. The molecule has 0 spiro atoms. The Labute approximate surface area is 196 Å². The maximum absolute atomic E-state index is 13.2. The monoisotopic (exact) mass is 459 g/mol. The van der Waals surface area contributed by atoms with Crippen molar-refractivity contribution in [3.05, 3.63) is 78.1 Å². The van der Waals surface area contributed by atoms with Crippen molar-refractivity contribution in [2.24, 2.45) is 0 Å². The van der Waals surface area contributed by atoms with Gasteiger partial charge in [-0.05, 0) is 42.8 Å². The number of anilines is 1. The third-order valence-corrected chi connectivity index (χ3v) is 6.69. The Morgan fingerprint density at radius 3 is 2.58 bits per heavy atom. The normalized spacial score (nSPS) is 14.2. The first-order valence-electron chi connectivity index (χ1n) is 11.0. The molecule has 0 bridgehead atoms. The molecule has 7 nitrogen and oxygen atoms in total. The summed E-state index contributed by atoms with van der Waals surface area (Å²) in [4.78, 5) is 22.0. The Kier molecular flexibility index (Phi) is 6.08. The molecule has 3 heterocycles. The molecule has 1 fully saturated rings. The van der Waals surface area contributed by atoms with Crippen molar-refractivity contribution in [1.82, 2.24) is 19.7 Å². The molecule has 2 aromatic heterocycles. The van der Waals surface area contributed by atoms with E-state index in [2.05, 4.69) is 27.1 Å². The zero-order chi connectivity index (χ0) is 22.6. The molecule has 8 heteroatoms. The first-order chi connectivity index (χ1) is 16.2. The Morgan fingerprint density at radius 1 is 0.970 bits per heavy atom. The number of carbonyl (C=O) groups is 1. The summed E-state index contributed by atoms with van der Waals surface area (Å²) < 4.78 is 7.07. The second kappa shape index (κ2) is 9.46. The van der Waals surface area contributed by atoms with Crippen molar-refractivity contribution in [3.63, 3.8) is 0 Å². The average molecular weight is 460 g/mol. The number of aromatic nitrogens is 3. The highest BCUT2D eigenvalue weighted by molar-refractivity contribution is 7.13. The minimum Gasteiger partial charge on any atom is -0.497 e. The number of benzene rings is 2. The maximum Gasteiger partial charge on any atom is 0.273 e. The van der Waals surface area contributed by atoms with Gasteiger partial charge in [0.1, 0.15) is 16.5 Å². The molecule has 0 unspecified atom stereocenters. The third kappa shape index (κ3) is 4.61. The van der Waals surface area contributed by atoms with Crippen LogP contribution in [0.5, 0.6) is 5.75 Å². The summed E-state index contributed by atoms with van der Waals surface area (Å²) in [5, 5.41) is 7.09. The van der Waals surface area contributed by atoms with Gasteiger partial charge in [0.25, 0.3) is 5.91 Å². The van der Waals surface area contributed by atoms with Gasteiger partial charge in [-0.1, -0.05) is 18.2 Å². The van der Waals surface area contributed by atoms with Crippen LogP contribution >= 0.6 is 11.3 Å². The fourth-order valence-corrected chi connectivity index (χ4v) is 4.76. The van der Waals surface area contributed by atoms with Crippen molar-refractivity contribution in [3.8, 4) is 22.0 Å². The van der Waals surface area contributed by atoms with Gasteiger partial charge >= 0.3 is 0 Å². The van der Waals surface area contributed by atoms with Crippen molar-refractivity contribution < 1.29 is 9.53 Å². The highest BCUT2D eigenvalue weighted by Gasteiger charge is 2.23. The van der Waals surface area contributed by atoms with Crippen molar-refractivity contribution in [2.45, 2.75) is 6.42 Å². The topological polar surface area (TPSA) is 63.5 Å². The number of hydrogen-bond acceptors (Lipinski definition) is 6. The molecule has 168 valence electrons. The molecular formula is C25H25N5O2S. The van der Waals surface area contributed by atoms with Crippen molar-refractivity contribution >= 4 is 22.9 Å². The van der Waals surface area contributed by atoms with Crippen LogP contribution in [0.3, 0.4) is 0 Å². The van der Waals surface area contributed by atoms with Gasteiger partial charge in [0.2, 0.25) is 0 Å². The van der Waals surface area contributed by atoms with Crippen LogP contribution in [-0.2, 0) is 0 Å². The van der Waals surface area contributed by atoms with Crippen LogP contribution in [-0.4, -0.2) is 58.9 Å². The molecule has 1 aliphatic rings. The van der Waals surface area contributed by atoms with E-state index in [1.54, 1.807) is 13.3 Å². The molecule has 5 rings (SSSR count). The zero-order valence-electron chi connectivity index (χ0n) is 18.4. The van der Waals surface area contributed by atoms with Gasteiger partial charge < -0.3 is 14.5 Å². The fourth-order valence-electron chi connectivity index (χ4n) is 3.99. The number of rotatable bonds is 5. The standard InChI is InChI=1S/C25H25N5O2S/c1-32-22-10-8-20(9-11-22)28-12-5-13-29(15-14-28)25(31)23-18-33-24(27-23)19-16-26-30(17-19)21-6-3-2-4-7-21/h2-4,6-11,16-18H,5,12-15H2,1H3. The second-order valence-corrected chi connectivity index (χ2v) is 8.74. The largest absolute Gasteiger partial charge is 0.497 e. The molecule has 0 atom stereocenters. The van der Waals surface area contributed by atoms with Crippen LogP contribution < -0.4 is 9.64 Å². The molecule has 4 aromatic rings. The first-order valence-corrected chi connectivity index (χ1v) is 11.8. The van der Waals surface area contributed by atoms with Crippen LogP contribution in [0.1, 0.15) is 16.9 Å². The van der Waals surface area contributed by atoms with Gasteiger partial charge in [-0.3, -0.25) is 4.79 Å². The summed E-state index contributed by atoms with van der Waals surface area (Å²) >= 11 is 1.48. The summed E-state index contributed by atoms with van der Waals surface area (Å²) in [6.07, 6.45) is 4.65. The molecule has 0 saturated carbocycles. The molecule has 1 saturated heterocycles. The lowest BCUT2D eigenvalue weighted by Gasteiger charge is -2.23. The van der Waals surface area contributed by atoms with Crippen molar-refractivity contribution in [1.29, 1.82) is 0 Å². The Hall–Kier alpha value is -3.65. The average Bonchev–Trinajstić information content (AvgIpc) is 3.49. The van der Waals surface area contributed by atoms with E-state index in [9.17, 15) is 4.79 Å². The SMILES string of the molecule is COc1ccc(N2CCCN(C(=O)c3csc(-c4cnn(-c5ccccc5)c4)n3)CC2)cc1. The van der Waals surface area contributed by atoms with E-state index >= 15 is 0 Å². The summed E-state index contributed by atoms with van der Waals surface area (Å²) in [6, 6.07) is 18.0. The number of hydrogen-bond donors (Lipinski definition) is 0. The van der Waals surface area contributed by atoms with Crippen LogP contribution in [0.2, 0.25) is 0 Å². The van der Waals surface area contributed by atoms with Gasteiger partial charge in [-0.15, -0.1) is 11.3 Å². The molecule has 1 amide bonds. The molecule has 0 aliphatic carbocycles. The van der Waals surface area contributed by atoms with Gasteiger partial charge in [0.05, 0.1) is 19.0 Å². The fraction of sp³-hybridized carbons (Fsp3) is 0.240. The minimum absolute atomic E-state index is 0.00969. The number of ether oxygens (including phenoxy) is 1. The van der Waals surface area contributed by atoms with E-state index in [-0.39, 0.29) is 5.91 Å². The second-order valence-electron chi connectivity index (χ2n) is 7.88. The molecule has 33 heavy (non-hydrogen) atoms. The number of methoxy groups -OCH3 is 1. The van der Waals surface area contributed by atoms with E-state index in [0.29, 0.717) is 12.2 Å². The number of amides is 1. The molecular weight excluding hydrogens is 434 g/mol. The Balaban J connectivity index is 1.25. The van der Waals surface area contributed by atoms with E-state index in [1.807, 2.05) is 63.6 Å². The predicted molar refractivity (Wildman–Crippen MR) is 130 cm³/mol. The number of nitrogens with zero attached hydrogens (tertiary/aromatic N) is 5. The number of para-hydroxylation sites is 1. The number of thiazole rings is 1. The molecule has 1 aliphatic heterocycles. The Bertz CT molecular complexity index is 1220. The zero-order valence-corrected chi connectivity index (χ0v) is 19.2. The predicted octanol–water partition coefficient (Wildman–Crippen LogP) is 4.36. The van der Waals surface area contributed by atoms with E-state index in [4.69, 9.17) is 4.74 Å². The number of carbonyl (C=O) groups excluding carboxylic acids is 1. The van der Waals surface area contributed by atoms with Gasteiger partial charge in [0.15, 0.2) is 0 Å². The molecule has 2 aromatic carbocycles. The van der Waals surface area contributed by atoms with Crippen LogP contribution in [0.15, 0.2) is 72.4 Å². The van der Waals surface area contributed by atoms with Gasteiger partial charge in [0, 0.05) is 49.0 Å². The van der Waals surface area contributed by atoms with Crippen LogP contribution in [0.25, 0.3) is 16.3 Å². The smallest absolute Gasteiger partial charge is 0.273 e. The Morgan fingerprint density at radius 2 is 1.79 bits per heavy atom. The van der Waals surface area contributed by atoms with E-state index in [0.717, 1.165) is 53.8 Å². The lowest BCUT2D eigenvalue weighted by atomic mass is 10.2. The lowest BCUT2D eigenvalue weighted by Crippen LogP contribution is -2.35. The minimum atomic E-state index is -0.00969. The lowest BCUT2D eigenvalue weighted by molar-refractivity contribution is 0.0762. The highest BCUT2D eigenvalue weighted by atomic mass is 32.1. The van der Waals surface area contributed by atoms with Crippen LogP contribution in [0, 0.1) is 0 Å². The van der Waals surface area contributed by atoms with Crippen LogP contribution in [0.4, 0.5) is 5.69 Å². The van der Waals surface area contributed by atoms with Gasteiger partial charge in [-0.2, -0.15) is 5.10 Å². The maximum atomic E-state index is 13.2.